The van der Waals surface area contributed by atoms with Crippen LogP contribution in [0.5, 0.6) is 0 Å². The van der Waals surface area contributed by atoms with Crippen molar-refractivity contribution in [2.24, 2.45) is 0 Å². The zero-order chi connectivity index (χ0) is 51.7. The Balaban J connectivity index is 0.000000121. The largest absolute Gasteiger partial charge is 0.135 e. The molecule has 0 N–H and O–H groups in total. The molecular weight excluding hydrogens is 937 g/mol. The molecule has 0 radical (unpaired) electrons. The van der Waals surface area contributed by atoms with E-state index in [4.69, 9.17) is 0 Å². The van der Waals surface area contributed by atoms with Crippen molar-refractivity contribution in [2.75, 3.05) is 0 Å². The Labute approximate surface area is 447 Å². The topological polar surface area (TPSA) is 0 Å². The van der Waals surface area contributed by atoms with Gasteiger partial charge in [-0.05, 0) is 109 Å². The number of rotatable bonds is 2. The zero-order valence-electron chi connectivity index (χ0n) is 44.9. The molecule has 0 aliphatic heterocycles. The van der Waals surface area contributed by atoms with Crippen LogP contribution in [0.2, 0.25) is 0 Å². The fourth-order valence-corrected chi connectivity index (χ4v) is 12.8. The first-order valence-electron chi connectivity index (χ1n) is 25.7. The van der Waals surface area contributed by atoms with E-state index in [9.17, 15) is 0 Å². The first kappa shape index (κ1) is 51.5. The molecule has 9 aromatic carbocycles. The van der Waals surface area contributed by atoms with Gasteiger partial charge in [-0.2, -0.15) is 0 Å². The lowest BCUT2D eigenvalue weighted by Gasteiger charge is -2.20. The predicted molar refractivity (Wildman–Crippen MR) is 330 cm³/mol. The second-order valence-corrected chi connectivity index (χ2v) is 26.7. The quantitative estimate of drug-likeness (QED) is 0.162. The van der Waals surface area contributed by atoms with Gasteiger partial charge in [0.1, 0.15) is 0 Å². The zero-order valence-corrected chi connectivity index (χ0v) is 47.3. The minimum atomic E-state index is 0.198. The highest BCUT2D eigenvalue weighted by atomic mass is 32.1. The van der Waals surface area contributed by atoms with E-state index in [0.29, 0.717) is 0 Å². The van der Waals surface area contributed by atoms with Gasteiger partial charge in [-0.15, -0.1) is 34.0 Å². The van der Waals surface area contributed by atoms with Gasteiger partial charge in [0.15, 0.2) is 0 Å². The van der Waals surface area contributed by atoms with Gasteiger partial charge in [0, 0.05) is 60.5 Å². The van der Waals surface area contributed by atoms with Gasteiger partial charge in [0.25, 0.3) is 0 Å². The van der Waals surface area contributed by atoms with Crippen molar-refractivity contribution in [1.82, 2.24) is 0 Å². The Morgan fingerprint density at radius 2 is 0.603 bits per heavy atom. The Morgan fingerprint density at radius 1 is 0.233 bits per heavy atom. The van der Waals surface area contributed by atoms with E-state index in [1.54, 1.807) is 0 Å². The second kappa shape index (κ2) is 20.9. The average Bonchev–Trinajstić information content (AvgIpc) is 4.07. The first-order chi connectivity index (χ1) is 34.7. The molecule has 12 rings (SSSR count). The SMILES string of the molecule is CC(C)(C)c1ccc(-c2ccc(-c3ccccc3)cc2)cc1.CC(C)(C)c1ccc2c(c1)sc1ccccc12.CC(C)(C)c1ccc2sc3ccccc3c2c1.CC(C)(C)c1cccc2sc3ccccc3c12. The van der Waals surface area contributed by atoms with Crippen LogP contribution in [0.1, 0.15) is 105 Å². The molecule has 0 aliphatic rings. The van der Waals surface area contributed by atoms with Gasteiger partial charge in [-0.1, -0.05) is 247 Å². The fourth-order valence-electron chi connectivity index (χ4n) is 9.43. The summed E-state index contributed by atoms with van der Waals surface area (Å²) in [6.07, 6.45) is 0. The molecule has 0 unspecified atom stereocenters. The van der Waals surface area contributed by atoms with E-state index in [2.05, 4.69) is 289 Å². The number of thiophene rings is 3. The van der Waals surface area contributed by atoms with Crippen LogP contribution in [0.3, 0.4) is 0 Å². The lowest BCUT2D eigenvalue weighted by Crippen LogP contribution is -2.11. The summed E-state index contributed by atoms with van der Waals surface area (Å²) in [5.74, 6) is 0. The maximum Gasteiger partial charge on any atom is 0.0358 e. The number of benzene rings is 9. The maximum absolute atomic E-state index is 2.36. The van der Waals surface area contributed by atoms with Crippen LogP contribution in [0.15, 0.2) is 206 Å². The summed E-state index contributed by atoms with van der Waals surface area (Å²) in [5, 5.41) is 8.40. The number of hydrogen-bond donors (Lipinski definition) is 0. The van der Waals surface area contributed by atoms with Gasteiger partial charge in [-0.3, -0.25) is 0 Å². The Kier molecular flexibility index (Phi) is 14.7. The summed E-state index contributed by atoms with van der Waals surface area (Å²) < 4.78 is 8.35. The highest BCUT2D eigenvalue weighted by Gasteiger charge is 2.20. The highest BCUT2D eigenvalue weighted by molar-refractivity contribution is 7.26. The van der Waals surface area contributed by atoms with Gasteiger partial charge in [-0.25, -0.2) is 0 Å². The standard InChI is InChI=1S/C22H22.3C16H16S/c1-22(2,3)21-15-13-20(14-16-21)19-11-9-18(10-12-19)17-7-5-4-6-8-17;1-16(2,3)12-8-6-10-14-15(12)11-7-4-5-9-13(11)17-14;1-16(2,3)11-8-9-15-13(10-11)12-6-4-5-7-14(12)17-15;1-16(2,3)11-8-9-13-12-6-4-5-7-14(12)17-15(13)10-11/h4-16H,1-3H3;3*4-10H,1-3H3. The summed E-state index contributed by atoms with van der Waals surface area (Å²) in [6.45, 7) is 27.2. The van der Waals surface area contributed by atoms with Crippen LogP contribution < -0.4 is 0 Å². The normalized spacial score (nSPS) is 12.1. The molecule has 3 aromatic heterocycles. The fraction of sp³-hybridized carbons (Fsp3) is 0.229. The van der Waals surface area contributed by atoms with Crippen molar-refractivity contribution in [3.8, 4) is 22.3 Å². The summed E-state index contributed by atoms with van der Waals surface area (Å²) >= 11 is 5.66. The third-order valence-corrected chi connectivity index (χ3v) is 17.2. The van der Waals surface area contributed by atoms with E-state index in [-0.39, 0.29) is 21.7 Å². The summed E-state index contributed by atoms with van der Waals surface area (Å²) in [6, 6.07) is 74.7. The van der Waals surface area contributed by atoms with E-state index in [0.717, 1.165) is 0 Å². The van der Waals surface area contributed by atoms with Crippen LogP contribution >= 0.6 is 34.0 Å². The molecule has 0 nitrogen and oxygen atoms in total. The van der Waals surface area contributed by atoms with Crippen LogP contribution in [0, 0.1) is 0 Å². The summed E-state index contributed by atoms with van der Waals surface area (Å²) in [4.78, 5) is 0. The van der Waals surface area contributed by atoms with E-state index < -0.39 is 0 Å². The van der Waals surface area contributed by atoms with Crippen LogP contribution in [-0.2, 0) is 21.7 Å². The Bertz CT molecular complexity index is 3790. The van der Waals surface area contributed by atoms with Gasteiger partial charge < -0.3 is 0 Å². The van der Waals surface area contributed by atoms with E-state index in [1.807, 2.05) is 34.0 Å². The molecular formula is C70H70S3. The predicted octanol–water partition coefficient (Wildman–Crippen LogP) is 22.4. The van der Waals surface area contributed by atoms with E-state index in [1.165, 1.54) is 105 Å². The van der Waals surface area contributed by atoms with Crippen molar-refractivity contribution in [3.05, 3.63) is 229 Å². The van der Waals surface area contributed by atoms with Crippen LogP contribution in [0.4, 0.5) is 0 Å². The smallest absolute Gasteiger partial charge is 0.0358 e. The van der Waals surface area contributed by atoms with Crippen molar-refractivity contribution < 1.29 is 0 Å². The molecule has 3 heterocycles. The third kappa shape index (κ3) is 11.7. The molecule has 0 bridgehead atoms. The lowest BCUT2D eigenvalue weighted by molar-refractivity contribution is 0.590. The summed E-state index contributed by atoms with van der Waals surface area (Å²) in [7, 11) is 0. The average molecular weight is 1010 g/mol. The molecule has 0 aliphatic carbocycles. The molecule has 0 spiro atoms. The van der Waals surface area contributed by atoms with Crippen LogP contribution in [0.25, 0.3) is 82.8 Å². The highest BCUT2D eigenvalue weighted by Crippen LogP contribution is 2.41. The molecule has 73 heavy (non-hydrogen) atoms. The van der Waals surface area contributed by atoms with E-state index >= 15 is 0 Å². The minimum absolute atomic E-state index is 0.198. The lowest BCUT2D eigenvalue weighted by atomic mass is 9.84. The molecule has 0 fully saturated rings. The Hall–Kier alpha value is -6.36. The molecule has 3 heteroatoms. The molecule has 0 saturated carbocycles. The minimum Gasteiger partial charge on any atom is -0.135 e. The van der Waals surface area contributed by atoms with Gasteiger partial charge >= 0.3 is 0 Å². The van der Waals surface area contributed by atoms with Crippen molar-refractivity contribution in [3.63, 3.8) is 0 Å². The van der Waals surface area contributed by atoms with Crippen molar-refractivity contribution >= 4 is 94.5 Å². The van der Waals surface area contributed by atoms with Gasteiger partial charge in [0.05, 0.1) is 0 Å². The summed E-state index contributed by atoms with van der Waals surface area (Å²) in [5.41, 5.74) is 11.6. The number of fused-ring (bicyclic) bond motifs is 9. The second-order valence-electron chi connectivity index (χ2n) is 23.4. The van der Waals surface area contributed by atoms with Crippen molar-refractivity contribution in [1.29, 1.82) is 0 Å². The van der Waals surface area contributed by atoms with Crippen LogP contribution in [-0.4, -0.2) is 0 Å². The Morgan fingerprint density at radius 3 is 1.15 bits per heavy atom. The monoisotopic (exact) mass is 1010 g/mol. The van der Waals surface area contributed by atoms with Gasteiger partial charge in [0.2, 0.25) is 0 Å². The maximum atomic E-state index is 2.36. The number of hydrogen-bond acceptors (Lipinski definition) is 3. The molecule has 12 aromatic rings. The molecule has 0 saturated heterocycles. The molecule has 0 atom stereocenters. The molecule has 368 valence electrons. The van der Waals surface area contributed by atoms with Crippen molar-refractivity contribution in [2.45, 2.75) is 105 Å². The third-order valence-electron chi connectivity index (χ3n) is 13.8. The first-order valence-corrected chi connectivity index (χ1v) is 28.2. The molecule has 0 amide bonds.